The fourth-order valence-corrected chi connectivity index (χ4v) is 2.06. The van der Waals surface area contributed by atoms with Gasteiger partial charge in [0.1, 0.15) is 0 Å². The largest absolute Gasteiger partial charge is 0.493 e. The maximum absolute atomic E-state index is 5.38. The third-order valence-electron chi connectivity index (χ3n) is 2.79. The van der Waals surface area contributed by atoms with Crippen LogP contribution in [0.1, 0.15) is 39.4 Å². The number of ether oxygens (including phenoxy) is 1. The fraction of sp³-hybridized carbons (Fsp3) is 0.750. The highest BCUT2D eigenvalue weighted by Crippen LogP contribution is 2.36. The SMILES string of the molecule is CCn1ncc(OC)c1C(NC)C(C)(C)C. The molecular weight excluding hydrogens is 202 g/mol. The van der Waals surface area contributed by atoms with E-state index in [2.05, 4.69) is 38.1 Å². The van der Waals surface area contributed by atoms with Crippen LogP contribution in [0, 0.1) is 5.41 Å². The van der Waals surface area contributed by atoms with Gasteiger partial charge >= 0.3 is 0 Å². The van der Waals surface area contributed by atoms with Gasteiger partial charge in [0, 0.05) is 6.54 Å². The van der Waals surface area contributed by atoms with Crippen LogP contribution in [-0.2, 0) is 6.54 Å². The van der Waals surface area contributed by atoms with Crippen LogP contribution in [-0.4, -0.2) is 23.9 Å². The molecule has 0 saturated carbocycles. The Hall–Kier alpha value is -1.03. The van der Waals surface area contributed by atoms with E-state index in [1.54, 1.807) is 13.3 Å². The smallest absolute Gasteiger partial charge is 0.161 e. The lowest BCUT2D eigenvalue weighted by Gasteiger charge is -2.31. The van der Waals surface area contributed by atoms with Gasteiger partial charge in [0.15, 0.2) is 5.75 Å². The summed E-state index contributed by atoms with van der Waals surface area (Å²) in [7, 11) is 3.66. The van der Waals surface area contributed by atoms with Crippen LogP contribution in [0.3, 0.4) is 0 Å². The van der Waals surface area contributed by atoms with Gasteiger partial charge in [-0.05, 0) is 19.4 Å². The van der Waals surface area contributed by atoms with Gasteiger partial charge in [0.2, 0.25) is 0 Å². The van der Waals surface area contributed by atoms with Gasteiger partial charge in [-0.25, -0.2) is 0 Å². The number of nitrogens with zero attached hydrogens (tertiary/aromatic N) is 2. The second-order valence-electron chi connectivity index (χ2n) is 5.00. The molecule has 1 rings (SSSR count). The molecule has 1 unspecified atom stereocenters. The third kappa shape index (κ3) is 2.38. The number of rotatable bonds is 4. The standard InChI is InChI=1S/C12H23N3O/c1-7-15-10(9(16-6)8-14-15)11(13-5)12(2,3)4/h8,11,13H,7H2,1-6H3. The normalized spacial score (nSPS) is 13.9. The molecule has 0 aromatic carbocycles. The first kappa shape index (κ1) is 13.0. The van der Waals surface area contributed by atoms with Crippen molar-refractivity contribution in [3.8, 4) is 5.75 Å². The first-order chi connectivity index (χ1) is 7.45. The van der Waals surface area contributed by atoms with E-state index >= 15 is 0 Å². The summed E-state index contributed by atoms with van der Waals surface area (Å²) in [4.78, 5) is 0. The Morgan fingerprint density at radius 1 is 1.50 bits per heavy atom. The summed E-state index contributed by atoms with van der Waals surface area (Å²) in [5, 5.41) is 7.69. The molecule has 92 valence electrons. The maximum Gasteiger partial charge on any atom is 0.161 e. The van der Waals surface area contributed by atoms with Crippen LogP contribution >= 0.6 is 0 Å². The number of hydrogen-bond acceptors (Lipinski definition) is 3. The van der Waals surface area contributed by atoms with Crippen LogP contribution in [0.4, 0.5) is 0 Å². The Morgan fingerprint density at radius 3 is 2.50 bits per heavy atom. The predicted octanol–water partition coefficient (Wildman–Crippen LogP) is 2.22. The van der Waals surface area contributed by atoms with Crippen molar-refractivity contribution in [2.45, 2.75) is 40.3 Å². The van der Waals surface area contributed by atoms with Crippen LogP contribution < -0.4 is 10.1 Å². The van der Waals surface area contributed by atoms with Crippen molar-refractivity contribution >= 4 is 0 Å². The molecule has 1 aromatic heterocycles. The fourth-order valence-electron chi connectivity index (χ4n) is 2.06. The molecular formula is C12H23N3O. The lowest BCUT2D eigenvalue weighted by atomic mass is 9.84. The van der Waals surface area contributed by atoms with Gasteiger partial charge in [-0.2, -0.15) is 5.10 Å². The number of hydrogen-bond donors (Lipinski definition) is 1. The molecule has 1 aromatic rings. The highest BCUT2D eigenvalue weighted by molar-refractivity contribution is 5.29. The Kier molecular flexibility index (Phi) is 3.97. The van der Waals surface area contributed by atoms with Crippen LogP contribution in [0.5, 0.6) is 5.75 Å². The minimum atomic E-state index is 0.120. The Balaban J connectivity index is 3.21. The lowest BCUT2D eigenvalue weighted by Crippen LogP contribution is -2.32. The van der Waals surface area contributed by atoms with Crippen molar-refractivity contribution in [1.29, 1.82) is 0 Å². The number of aromatic nitrogens is 2. The molecule has 0 spiro atoms. The molecule has 0 radical (unpaired) electrons. The first-order valence-corrected chi connectivity index (χ1v) is 5.72. The van der Waals surface area contributed by atoms with Crippen molar-refractivity contribution in [2.75, 3.05) is 14.2 Å². The van der Waals surface area contributed by atoms with Crippen LogP contribution in [0.25, 0.3) is 0 Å². The second-order valence-corrected chi connectivity index (χ2v) is 5.00. The van der Waals surface area contributed by atoms with E-state index in [1.807, 2.05) is 11.7 Å². The highest BCUT2D eigenvalue weighted by atomic mass is 16.5. The van der Waals surface area contributed by atoms with Gasteiger partial charge < -0.3 is 10.1 Å². The maximum atomic E-state index is 5.38. The minimum absolute atomic E-state index is 0.120. The molecule has 0 aliphatic carbocycles. The summed E-state index contributed by atoms with van der Waals surface area (Å²) >= 11 is 0. The van der Waals surface area contributed by atoms with E-state index in [4.69, 9.17) is 4.74 Å². The van der Waals surface area contributed by atoms with E-state index in [9.17, 15) is 0 Å². The highest BCUT2D eigenvalue weighted by Gasteiger charge is 2.30. The van der Waals surface area contributed by atoms with Crippen molar-refractivity contribution in [2.24, 2.45) is 5.41 Å². The monoisotopic (exact) mass is 225 g/mol. The predicted molar refractivity (Wildman–Crippen MR) is 65.7 cm³/mol. The van der Waals surface area contributed by atoms with Gasteiger partial charge in [-0.15, -0.1) is 0 Å². The molecule has 4 heteroatoms. The molecule has 16 heavy (non-hydrogen) atoms. The van der Waals surface area contributed by atoms with Gasteiger partial charge in [-0.1, -0.05) is 20.8 Å². The van der Waals surface area contributed by atoms with E-state index in [1.165, 1.54) is 0 Å². The molecule has 0 amide bonds. The number of aryl methyl sites for hydroxylation is 1. The second kappa shape index (κ2) is 4.87. The van der Waals surface area contributed by atoms with E-state index in [0.29, 0.717) is 0 Å². The summed E-state index contributed by atoms with van der Waals surface area (Å²) in [6.07, 6.45) is 1.79. The molecule has 0 aliphatic heterocycles. The van der Waals surface area contributed by atoms with Crippen LogP contribution in [0.15, 0.2) is 6.20 Å². The third-order valence-corrected chi connectivity index (χ3v) is 2.79. The molecule has 1 heterocycles. The van der Waals surface area contributed by atoms with Crippen molar-refractivity contribution < 1.29 is 4.74 Å². The topological polar surface area (TPSA) is 39.1 Å². The summed E-state index contributed by atoms with van der Waals surface area (Å²) in [5.41, 5.74) is 1.25. The summed E-state index contributed by atoms with van der Waals surface area (Å²) in [6, 6.07) is 0.227. The molecule has 1 N–H and O–H groups in total. The molecule has 0 saturated heterocycles. The van der Waals surface area contributed by atoms with Crippen LogP contribution in [0.2, 0.25) is 0 Å². The first-order valence-electron chi connectivity index (χ1n) is 5.72. The zero-order valence-corrected chi connectivity index (χ0v) is 11.2. The van der Waals surface area contributed by atoms with Gasteiger partial charge in [0.05, 0.1) is 25.0 Å². The average Bonchev–Trinajstić information content (AvgIpc) is 2.60. The molecule has 0 fully saturated rings. The Labute approximate surface area is 98.0 Å². The summed E-state index contributed by atoms with van der Waals surface area (Å²) in [5.74, 6) is 0.858. The Bertz CT molecular complexity index is 317. The number of nitrogens with one attached hydrogen (secondary N) is 1. The van der Waals surface area contributed by atoms with Crippen molar-refractivity contribution in [3.63, 3.8) is 0 Å². The molecule has 4 nitrogen and oxygen atoms in total. The average molecular weight is 225 g/mol. The van der Waals surface area contributed by atoms with Gasteiger partial charge in [0.25, 0.3) is 0 Å². The van der Waals surface area contributed by atoms with E-state index in [-0.39, 0.29) is 11.5 Å². The zero-order valence-electron chi connectivity index (χ0n) is 11.2. The Morgan fingerprint density at radius 2 is 2.12 bits per heavy atom. The quantitative estimate of drug-likeness (QED) is 0.854. The van der Waals surface area contributed by atoms with Crippen molar-refractivity contribution in [1.82, 2.24) is 15.1 Å². The number of methoxy groups -OCH3 is 1. The van der Waals surface area contributed by atoms with Crippen molar-refractivity contribution in [3.05, 3.63) is 11.9 Å². The summed E-state index contributed by atoms with van der Waals surface area (Å²) < 4.78 is 7.37. The van der Waals surface area contributed by atoms with E-state index < -0.39 is 0 Å². The summed E-state index contributed by atoms with van der Waals surface area (Å²) in [6.45, 7) is 9.57. The molecule has 0 bridgehead atoms. The van der Waals surface area contributed by atoms with Gasteiger partial charge in [-0.3, -0.25) is 4.68 Å². The minimum Gasteiger partial charge on any atom is -0.493 e. The zero-order chi connectivity index (χ0) is 12.3. The van der Waals surface area contributed by atoms with E-state index in [0.717, 1.165) is 18.0 Å². The molecule has 1 atom stereocenters. The molecule has 0 aliphatic rings. The lowest BCUT2D eigenvalue weighted by molar-refractivity contribution is 0.263.